The average Bonchev–Trinajstić information content (AvgIpc) is 2.95. The Morgan fingerprint density at radius 3 is 2.48 bits per heavy atom. The molecule has 0 aliphatic heterocycles. The number of aryl methyl sites for hydroxylation is 1. The van der Waals surface area contributed by atoms with Crippen molar-refractivity contribution in [2.45, 2.75) is 51.2 Å². The zero-order chi connectivity index (χ0) is 20.0. The molecule has 1 N–H and O–H groups in total. The summed E-state index contributed by atoms with van der Waals surface area (Å²) in [7, 11) is 0. The molecular weight excluding hydrogens is 360 g/mol. The number of hydrogen-bond acceptors (Lipinski definition) is 5. The highest BCUT2D eigenvalue weighted by atomic mass is 32.2. The van der Waals surface area contributed by atoms with Crippen molar-refractivity contribution in [2.75, 3.05) is 5.75 Å². The van der Waals surface area contributed by atoms with E-state index in [1.807, 2.05) is 23.6 Å². The number of nitrogens with one attached hydrogen (secondary N) is 1. The second-order valence-corrected chi connectivity index (χ2v) is 8.29. The lowest BCUT2D eigenvalue weighted by molar-refractivity contribution is -0.119. The number of hydrogen-bond donors (Lipinski definition) is 1. The summed E-state index contributed by atoms with van der Waals surface area (Å²) >= 11 is 1.43. The molecule has 0 fully saturated rings. The lowest BCUT2D eigenvalue weighted by atomic mass is 9.87. The van der Waals surface area contributed by atoms with E-state index < -0.39 is 0 Å². The van der Waals surface area contributed by atoms with Gasteiger partial charge in [-0.1, -0.05) is 50.7 Å². The molecule has 6 nitrogen and oxygen atoms in total. The average molecular weight is 387 g/mol. The van der Waals surface area contributed by atoms with Crippen LogP contribution in [0.4, 0.5) is 0 Å². The standard InChI is InChI=1S/C20H26N4O2S/c1-6-12-24-14(2)22-23-19(24)27-13-11-17(25)21-18(26)15-7-9-16(10-8-15)20(3,4)5/h6-10H,1,11-13H2,2-5H3,(H,21,25,26). The lowest BCUT2D eigenvalue weighted by Crippen LogP contribution is -2.30. The van der Waals surface area contributed by atoms with E-state index in [4.69, 9.17) is 0 Å². The van der Waals surface area contributed by atoms with Crippen molar-refractivity contribution in [2.24, 2.45) is 0 Å². The number of allylic oxidation sites excluding steroid dienone is 1. The van der Waals surface area contributed by atoms with Crippen molar-refractivity contribution in [3.8, 4) is 0 Å². The highest BCUT2D eigenvalue weighted by Crippen LogP contribution is 2.22. The van der Waals surface area contributed by atoms with Crippen molar-refractivity contribution >= 4 is 23.6 Å². The fourth-order valence-corrected chi connectivity index (χ4v) is 3.36. The molecule has 0 bridgehead atoms. The molecule has 0 radical (unpaired) electrons. The van der Waals surface area contributed by atoms with Crippen LogP contribution < -0.4 is 5.32 Å². The van der Waals surface area contributed by atoms with Crippen LogP contribution in [0.5, 0.6) is 0 Å². The Hall–Kier alpha value is -2.41. The molecule has 27 heavy (non-hydrogen) atoms. The molecule has 0 aliphatic rings. The second-order valence-electron chi connectivity index (χ2n) is 7.23. The SMILES string of the molecule is C=CCn1c(C)nnc1SCCC(=O)NC(=O)c1ccc(C(C)(C)C)cc1. The van der Waals surface area contributed by atoms with Gasteiger partial charge in [0.2, 0.25) is 5.91 Å². The minimum Gasteiger partial charge on any atom is -0.302 e. The van der Waals surface area contributed by atoms with Gasteiger partial charge in [-0.2, -0.15) is 0 Å². The maximum Gasteiger partial charge on any atom is 0.257 e. The van der Waals surface area contributed by atoms with Crippen molar-refractivity contribution in [1.29, 1.82) is 0 Å². The summed E-state index contributed by atoms with van der Waals surface area (Å²) < 4.78 is 1.93. The van der Waals surface area contributed by atoms with Crippen LogP contribution in [0.15, 0.2) is 42.1 Å². The molecule has 0 unspecified atom stereocenters. The van der Waals surface area contributed by atoms with Crippen LogP contribution in [-0.2, 0) is 16.8 Å². The molecule has 2 amide bonds. The number of carbonyl (C=O) groups is 2. The number of rotatable bonds is 7. The lowest BCUT2D eigenvalue weighted by Gasteiger charge is -2.19. The zero-order valence-electron chi connectivity index (χ0n) is 16.3. The van der Waals surface area contributed by atoms with Crippen LogP contribution >= 0.6 is 11.8 Å². The van der Waals surface area contributed by atoms with Gasteiger partial charge in [-0.3, -0.25) is 14.9 Å². The van der Waals surface area contributed by atoms with Crippen molar-refractivity contribution in [1.82, 2.24) is 20.1 Å². The fraction of sp³-hybridized carbons (Fsp3) is 0.400. The van der Waals surface area contributed by atoms with E-state index in [-0.39, 0.29) is 23.7 Å². The molecule has 0 spiro atoms. The largest absolute Gasteiger partial charge is 0.302 e. The number of benzene rings is 1. The second kappa shape index (κ2) is 8.99. The van der Waals surface area contributed by atoms with Gasteiger partial charge in [0.15, 0.2) is 5.16 Å². The summed E-state index contributed by atoms with van der Waals surface area (Å²) in [4.78, 5) is 24.3. The van der Waals surface area contributed by atoms with Gasteiger partial charge in [0.1, 0.15) is 5.82 Å². The van der Waals surface area contributed by atoms with E-state index in [0.717, 1.165) is 16.5 Å². The van der Waals surface area contributed by atoms with E-state index >= 15 is 0 Å². The van der Waals surface area contributed by atoms with Gasteiger partial charge >= 0.3 is 0 Å². The minimum absolute atomic E-state index is 0.0204. The van der Waals surface area contributed by atoms with E-state index in [2.05, 4.69) is 42.9 Å². The fourth-order valence-electron chi connectivity index (χ4n) is 2.43. The predicted octanol–water partition coefficient (Wildman–Crippen LogP) is 3.51. The number of imide groups is 1. The van der Waals surface area contributed by atoms with Crippen LogP contribution in [0.2, 0.25) is 0 Å². The molecular formula is C20H26N4O2S. The highest BCUT2D eigenvalue weighted by molar-refractivity contribution is 7.99. The Morgan fingerprint density at radius 1 is 1.22 bits per heavy atom. The van der Waals surface area contributed by atoms with Crippen LogP contribution in [-0.4, -0.2) is 32.3 Å². The maximum absolute atomic E-state index is 12.2. The monoisotopic (exact) mass is 386 g/mol. The van der Waals surface area contributed by atoms with Crippen LogP contribution in [0.3, 0.4) is 0 Å². The quantitative estimate of drug-likeness (QED) is 0.582. The third-order valence-corrected chi connectivity index (χ3v) is 5.01. The van der Waals surface area contributed by atoms with Crippen molar-refractivity contribution in [3.63, 3.8) is 0 Å². The van der Waals surface area contributed by atoms with E-state index in [9.17, 15) is 9.59 Å². The Morgan fingerprint density at radius 2 is 1.89 bits per heavy atom. The topological polar surface area (TPSA) is 76.9 Å². The van der Waals surface area contributed by atoms with E-state index in [0.29, 0.717) is 17.9 Å². The van der Waals surface area contributed by atoms with Crippen molar-refractivity contribution in [3.05, 3.63) is 53.9 Å². The summed E-state index contributed by atoms with van der Waals surface area (Å²) in [5.74, 6) is 0.628. The van der Waals surface area contributed by atoms with Gasteiger partial charge in [0, 0.05) is 24.3 Å². The predicted molar refractivity (Wildman–Crippen MR) is 108 cm³/mol. The maximum atomic E-state index is 12.2. The molecule has 2 rings (SSSR count). The van der Waals surface area contributed by atoms with E-state index in [1.54, 1.807) is 18.2 Å². The number of nitrogens with zero attached hydrogens (tertiary/aromatic N) is 3. The third kappa shape index (κ3) is 5.79. The van der Waals surface area contributed by atoms with Gasteiger partial charge in [0.25, 0.3) is 5.91 Å². The first-order valence-corrected chi connectivity index (χ1v) is 9.79. The summed E-state index contributed by atoms with van der Waals surface area (Å²) in [6.45, 7) is 12.5. The molecule has 144 valence electrons. The van der Waals surface area contributed by atoms with Gasteiger partial charge in [-0.05, 0) is 30.0 Å². The Balaban J connectivity index is 1.85. The first kappa shape index (κ1) is 20.9. The molecule has 1 heterocycles. The van der Waals surface area contributed by atoms with Gasteiger partial charge in [-0.15, -0.1) is 16.8 Å². The summed E-state index contributed by atoms with van der Waals surface area (Å²) in [5.41, 5.74) is 1.64. The van der Waals surface area contributed by atoms with Gasteiger partial charge < -0.3 is 4.57 Å². The minimum atomic E-state index is -0.379. The molecule has 0 saturated carbocycles. The van der Waals surface area contributed by atoms with Gasteiger partial charge in [-0.25, -0.2) is 0 Å². The summed E-state index contributed by atoms with van der Waals surface area (Å²) in [6, 6.07) is 7.34. The smallest absolute Gasteiger partial charge is 0.257 e. The van der Waals surface area contributed by atoms with E-state index in [1.165, 1.54) is 11.8 Å². The molecule has 0 atom stereocenters. The molecule has 1 aromatic heterocycles. The number of amides is 2. The summed E-state index contributed by atoms with van der Waals surface area (Å²) in [5, 5.41) is 11.3. The Bertz CT molecular complexity index is 819. The van der Waals surface area contributed by atoms with Crippen LogP contribution in [0.25, 0.3) is 0 Å². The molecule has 0 saturated heterocycles. The molecule has 0 aliphatic carbocycles. The Labute approximate surface area is 164 Å². The molecule has 2 aromatic rings. The number of thioether (sulfide) groups is 1. The molecule has 1 aromatic carbocycles. The van der Waals surface area contributed by atoms with Crippen molar-refractivity contribution < 1.29 is 9.59 Å². The first-order valence-electron chi connectivity index (χ1n) is 8.80. The van der Waals surface area contributed by atoms with Gasteiger partial charge in [0.05, 0.1) is 0 Å². The molecule has 7 heteroatoms. The Kier molecular flexibility index (Phi) is 6.96. The van der Waals surface area contributed by atoms with Crippen LogP contribution in [0, 0.1) is 6.92 Å². The summed E-state index contributed by atoms with van der Waals surface area (Å²) in [6.07, 6.45) is 1.99. The third-order valence-electron chi connectivity index (χ3n) is 4.04. The normalized spacial score (nSPS) is 11.3. The highest BCUT2D eigenvalue weighted by Gasteiger charge is 2.16. The van der Waals surface area contributed by atoms with Crippen LogP contribution in [0.1, 0.15) is 48.9 Å². The zero-order valence-corrected chi connectivity index (χ0v) is 17.1. The number of carbonyl (C=O) groups excluding carboxylic acids is 2. The first-order chi connectivity index (χ1) is 12.7. The number of aromatic nitrogens is 3.